The molecule has 178 valence electrons. The molecule has 0 saturated carbocycles. The Morgan fingerprint density at radius 2 is 1.86 bits per heavy atom. The first-order chi connectivity index (χ1) is 17.0. The van der Waals surface area contributed by atoms with Crippen molar-refractivity contribution in [1.29, 1.82) is 0 Å². The third kappa shape index (κ3) is 4.19. The zero-order chi connectivity index (χ0) is 24.5. The van der Waals surface area contributed by atoms with Crippen molar-refractivity contribution in [3.05, 3.63) is 81.5 Å². The number of anilines is 1. The van der Waals surface area contributed by atoms with Crippen LogP contribution < -0.4 is 30.3 Å². The third-order valence-electron chi connectivity index (χ3n) is 6.19. The summed E-state index contributed by atoms with van der Waals surface area (Å²) in [6.45, 7) is 1.53. The highest BCUT2D eigenvalue weighted by Gasteiger charge is 2.31. The van der Waals surface area contributed by atoms with Gasteiger partial charge in [0.2, 0.25) is 18.4 Å². The molecule has 2 amide bonds. The first kappa shape index (κ1) is 22.5. The third-order valence-corrected chi connectivity index (χ3v) is 6.19. The molecule has 3 aromatic carbocycles. The molecule has 1 aliphatic carbocycles. The van der Waals surface area contributed by atoms with Gasteiger partial charge in [-0.25, -0.2) is 0 Å². The number of hydrogen-bond acceptors (Lipinski definition) is 6. The smallest absolute Gasteiger partial charge is 0.259 e. The lowest BCUT2D eigenvalue weighted by Crippen LogP contribution is -2.27. The molecule has 3 aromatic rings. The van der Waals surface area contributed by atoms with Gasteiger partial charge in [-0.3, -0.25) is 14.4 Å². The molecule has 1 heterocycles. The highest BCUT2D eigenvalue weighted by atomic mass is 16.7. The average Bonchev–Trinajstić information content (AvgIpc) is 3.18. The summed E-state index contributed by atoms with van der Waals surface area (Å²) in [5.74, 6) is 0.849. The Kier molecular flexibility index (Phi) is 5.86. The van der Waals surface area contributed by atoms with E-state index >= 15 is 0 Å². The Labute approximate surface area is 201 Å². The second kappa shape index (κ2) is 9.13. The van der Waals surface area contributed by atoms with Crippen LogP contribution >= 0.6 is 0 Å². The van der Waals surface area contributed by atoms with Crippen LogP contribution in [0.3, 0.4) is 0 Å². The maximum absolute atomic E-state index is 13.3. The maximum atomic E-state index is 13.3. The van der Waals surface area contributed by atoms with Crippen LogP contribution in [0, 0.1) is 0 Å². The van der Waals surface area contributed by atoms with Crippen LogP contribution in [-0.2, 0) is 11.2 Å². The second-order valence-corrected chi connectivity index (χ2v) is 8.41. The summed E-state index contributed by atoms with van der Waals surface area (Å²) in [6, 6.07) is 15.1. The molecule has 8 heteroatoms. The standard InChI is InChI=1S/C27H24N2O6/c1-15(30)28-21-11-8-16-12-23-25(35-14-34-23)26(33-2)24(16)18-9-10-19(22(31)13-20(18)21)27(32)29-17-6-4-3-5-7-17/h3-7,9-10,12-13,21H,8,11,14H2,1-2H3,(H,28,30)(H,29,32)/t21-/m0/s1. The summed E-state index contributed by atoms with van der Waals surface area (Å²) in [6.07, 6.45) is 1.17. The SMILES string of the molecule is COc1c2c(cc3c1-c1ccc(C(=O)Nc4ccccc4)c(=O)cc1[C@@H](NC(C)=O)CC3)OCO2. The molecule has 8 nitrogen and oxygen atoms in total. The topological polar surface area (TPSA) is 103 Å². The lowest BCUT2D eigenvalue weighted by atomic mass is 9.95. The molecule has 5 rings (SSSR count). The minimum Gasteiger partial charge on any atom is -0.492 e. The molecule has 0 radical (unpaired) electrons. The molecule has 0 aromatic heterocycles. The second-order valence-electron chi connectivity index (χ2n) is 8.41. The maximum Gasteiger partial charge on any atom is 0.259 e. The lowest BCUT2D eigenvalue weighted by molar-refractivity contribution is -0.119. The summed E-state index contributed by atoms with van der Waals surface area (Å²) in [4.78, 5) is 38.3. The van der Waals surface area contributed by atoms with Gasteiger partial charge in [0.15, 0.2) is 16.9 Å². The molecule has 0 fully saturated rings. The van der Waals surface area contributed by atoms with Gasteiger partial charge in [-0.15, -0.1) is 0 Å². The van der Waals surface area contributed by atoms with Crippen molar-refractivity contribution < 1.29 is 23.8 Å². The van der Waals surface area contributed by atoms with Crippen molar-refractivity contribution >= 4 is 17.5 Å². The van der Waals surface area contributed by atoms with Crippen molar-refractivity contribution in [2.45, 2.75) is 25.8 Å². The number of carbonyl (C=O) groups is 2. The van der Waals surface area contributed by atoms with E-state index < -0.39 is 17.4 Å². The number of carbonyl (C=O) groups excluding carboxylic acids is 2. The summed E-state index contributed by atoms with van der Waals surface area (Å²) in [5.41, 5.74) is 3.12. The van der Waals surface area contributed by atoms with Gasteiger partial charge in [0, 0.05) is 18.2 Å². The fourth-order valence-corrected chi connectivity index (χ4v) is 4.67. The minimum atomic E-state index is -0.514. The lowest BCUT2D eigenvalue weighted by Gasteiger charge is -2.18. The number of ether oxygens (including phenoxy) is 3. The molecule has 1 aliphatic heterocycles. The first-order valence-corrected chi connectivity index (χ1v) is 11.3. The molecule has 0 unspecified atom stereocenters. The largest absolute Gasteiger partial charge is 0.492 e. The zero-order valence-corrected chi connectivity index (χ0v) is 19.3. The number of methoxy groups -OCH3 is 1. The van der Waals surface area contributed by atoms with Gasteiger partial charge in [-0.1, -0.05) is 24.3 Å². The van der Waals surface area contributed by atoms with Gasteiger partial charge >= 0.3 is 0 Å². The molecule has 0 bridgehead atoms. The van der Waals surface area contributed by atoms with Crippen LogP contribution in [-0.4, -0.2) is 25.7 Å². The Hall–Kier alpha value is -4.33. The molecule has 35 heavy (non-hydrogen) atoms. The van der Waals surface area contributed by atoms with Gasteiger partial charge < -0.3 is 24.8 Å². The van der Waals surface area contributed by atoms with E-state index in [1.807, 2.05) is 12.1 Å². The van der Waals surface area contributed by atoms with Crippen LogP contribution in [0.5, 0.6) is 17.2 Å². The number of amides is 2. The van der Waals surface area contributed by atoms with E-state index in [-0.39, 0.29) is 18.3 Å². The zero-order valence-electron chi connectivity index (χ0n) is 19.3. The number of benzene rings is 2. The van der Waals surface area contributed by atoms with E-state index in [2.05, 4.69) is 10.6 Å². The van der Waals surface area contributed by atoms with Gasteiger partial charge in [-0.05, 0) is 59.9 Å². The van der Waals surface area contributed by atoms with Crippen molar-refractivity contribution in [2.24, 2.45) is 0 Å². The van der Waals surface area contributed by atoms with E-state index in [0.29, 0.717) is 46.9 Å². The highest BCUT2D eigenvalue weighted by Crippen LogP contribution is 2.51. The first-order valence-electron chi connectivity index (χ1n) is 11.3. The summed E-state index contributed by atoms with van der Waals surface area (Å²) in [5, 5.41) is 5.72. The van der Waals surface area contributed by atoms with Crippen LogP contribution in [0.2, 0.25) is 0 Å². The van der Waals surface area contributed by atoms with Crippen LogP contribution in [0.1, 0.15) is 40.9 Å². The van der Waals surface area contributed by atoms with Gasteiger partial charge in [0.25, 0.3) is 5.91 Å². The summed E-state index contributed by atoms with van der Waals surface area (Å²) >= 11 is 0. The Bertz CT molecular complexity index is 1390. The molecule has 1 atom stereocenters. The van der Waals surface area contributed by atoms with Crippen LogP contribution in [0.4, 0.5) is 5.69 Å². The Morgan fingerprint density at radius 3 is 2.60 bits per heavy atom. The average molecular weight is 472 g/mol. The van der Waals surface area contributed by atoms with Crippen molar-refractivity contribution in [3.63, 3.8) is 0 Å². The van der Waals surface area contributed by atoms with Gasteiger partial charge in [0.05, 0.1) is 18.7 Å². The molecular formula is C27H24N2O6. The number of para-hydroxylation sites is 1. The number of rotatable bonds is 4. The summed E-state index contributed by atoms with van der Waals surface area (Å²) in [7, 11) is 1.55. The quantitative estimate of drug-likeness (QED) is 0.598. The molecule has 2 aliphatic rings. The van der Waals surface area contributed by atoms with E-state index in [1.54, 1.807) is 37.4 Å². The molecule has 2 N–H and O–H groups in total. The fraction of sp³-hybridized carbons (Fsp3) is 0.222. The molecule has 0 spiro atoms. The Balaban J connectivity index is 1.70. The van der Waals surface area contributed by atoms with E-state index in [0.717, 1.165) is 11.1 Å². The molecular weight excluding hydrogens is 448 g/mol. The van der Waals surface area contributed by atoms with E-state index in [1.165, 1.54) is 19.1 Å². The highest BCUT2D eigenvalue weighted by molar-refractivity contribution is 6.04. The predicted octanol–water partition coefficient (Wildman–Crippen LogP) is 3.83. The van der Waals surface area contributed by atoms with E-state index in [4.69, 9.17) is 14.2 Å². The van der Waals surface area contributed by atoms with Gasteiger partial charge in [-0.2, -0.15) is 0 Å². The number of nitrogens with one attached hydrogen (secondary N) is 2. The predicted molar refractivity (Wildman–Crippen MR) is 130 cm³/mol. The number of fused-ring (bicyclic) bond motifs is 4. The monoisotopic (exact) mass is 472 g/mol. The van der Waals surface area contributed by atoms with Crippen LogP contribution in [0.25, 0.3) is 11.1 Å². The van der Waals surface area contributed by atoms with Crippen molar-refractivity contribution in [1.82, 2.24) is 5.32 Å². The van der Waals surface area contributed by atoms with Crippen molar-refractivity contribution in [2.75, 3.05) is 19.2 Å². The van der Waals surface area contributed by atoms with Gasteiger partial charge in [0.1, 0.15) is 0 Å². The van der Waals surface area contributed by atoms with E-state index in [9.17, 15) is 14.4 Å². The van der Waals surface area contributed by atoms with Crippen molar-refractivity contribution in [3.8, 4) is 28.4 Å². The van der Waals surface area contributed by atoms with Crippen LogP contribution in [0.15, 0.2) is 59.4 Å². The minimum absolute atomic E-state index is 0.00948. The number of aryl methyl sites for hydroxylation is 1. The number of hydrogen-bond donors (Lipinski definition) is 2. The molecule has 0 saturated heterocycles. The Morgan fingerprint density at radius 1 is 1.06 bits per heavy atom. The summed E-state index contributed by atoms with van der Waals surface area (Å²) < 4.78 is 17.0. The fourth-order valence-electron chi connectivity index (χ4n) is 4.67. The normalized spacial score (nSPS) is 15.3.